The molecule has 0 aromatic heterocycles. The van der Waals surface area contributed by atoms with Gasteiger partial charge < -0.3 is 5.32 Å². The maximum atomic E-state index is 12.4. The summed E-state index contributed by atoms with van der Waals surface area (Å²) in [5, 5.41) is 2.58. The van der Waals surface area contributed by atoms with Gasteiger partial charge in [-0.1, -0.05) is 12.1 Å². The molecule has 1 N–H and O–H groups in total. The maximum absolute atomic E-state index is 12.4. The number of piperidine rings is 1. The van der Waals surface area contributed by atoms with Gasteiger partial charge in [-0.3, -0.25) is 0 Å². The Morgan fingerprint density at radius 1 is 1.20 bits per heavy atom. The molecule has 0 spiro atoms. The Kier molecular flexibility index (Phi) is 4.39. The van der Waals surface area contributed by atoms with E-state index in [0.29, 0.717) is 18.5 Å². The molecule has 2 rings (SSSR count). The number of halogens is 3. The topological polar surface area (TPSA) is 46.2 Å². The SMILES string of the molecule is O=S(=O)(Cc1ccc(C(F)(F)F)cc1)C1CCCNC1. The van der Waals surface area contributed by atoms with E-state index in [1.807, 2.05) is 0 Å². The number of alkyl halides is 3. The van der Waals surface area contributed by atoms with E-state index in [2.05, 4.69) is 5.32 Å². The van der Waals surface area contributed by atoms with E-state index in [4.69, 9.17) is 0 Å². The molecule has 1 heterocycles. The standard InChI is InChI=1S/C13H16F3NO2S/c14-13(15,16)11-5-3-10(4-6-11)9-20(18,19)12-2-1-7-17-8-12/h3-6,12,17H,1-2,7-9H2. The van der Waals surface area contributed by atoms with E-state index in [9.17, 15) is 21.6 Å². The number of sulfone groups is 1. The van der Waals surface area contributed by atoms with Gasteiger partial charge in [-0.05, 0) is 37.1 Å². The fraction of sp³-hybridized carbons (Fsp3) is 0.538. The number of rotatable bonds is 3. The molecule has 1 aliphatic rings. The lowest BCUT2D eigenvalue weighted by molar-refractivity contribution is -0.137. The second-order valence-electron chi connectivity index (χ2n) is 4.97. The molecular weight excluding hydrogens is 291 g/mol. The molecule has 1 unspecified atom stereocenters. The predicted octanol–water partition coefficient (Wildman–Crippen LogP) is 2.37. The molecule has 0 radical (unpaired) electrons. The Balaban J connectivity index is 2.09. The van der Waals surface area contributed by atoms with Gasteiger partial charge in [0.1, 0.15) is 0 Å². The van der Waals surface area contributed by atoms with Gasteiger partial charge in [0.2, 0.25) is 0 Å². The van der Waals surface area contributed by atoms with Crippen molar-refractivity contribution in [1.29, 1.82) is 0 Å². The van der Waals surface area contributed by atoms with Crippen molar-refractivity contribution >= 4 is 9.84 Å². The van der Waals surface area contributed by atoms with E-state index >= 15 is 0 Å². The van der Waals surface area contributed by atoms with Crippen LogP contribution in [0.1, 0.15) is 24.0 Å². The van der Waals surface area contributed by atoms with E-state index in [0.717, 1.165) is 25.1 Å². The highest BCUT2D eigenvalue weighted by molar-refractivity contribution is 7.91. The summed E-state index contributed by atoms with van der Waals surface area (Å²) in [7, 11) is -3.33. The lowest BCUT2D eigenvalue weighted by Crippen LogP contribution is -2.39. The lowest BCUT2D eigenvalue weighted by atomic mass is 10.1. The third-order valence-corrected chi connectivity index (χ3v) is 5.56. The van der Waals surface area contributed by atoms with Crippen LogP contribution in [0.5, 0.6) is 0 Å². The van der Waals surface area contributed by atoms with Crippen LogP contribution in [-0.2, 0) is 21.8 Å². The quantitative estimate of drug-likeness (QED) is 0.932. The fourth-order valence-electron chi connectivity index (χ4n) is 2.27. The molecule has 7 heteroatoms. The maximum Gasteiger partial charge on any atom is 0.416 e. The zero-order chi connectivity index (χ0) is 14.8. The first kappa shape index (κ1) is 15.3. The summed E-state index contributed by atoms with van der Waals surface area (Å²) in [4.78, 5) is 0. The van der Waals surface area contributed by atoms with Crippen molar-refractivity contribution in [3.63, 3.8) is 0 Å². The number of hydrogen-bond donors (Lipinski definition) is 1. The molecule has 1 fully saturated rings. The van der Waals surface area contributed by atoms with E-state index < -0.39 is 26.8 Å². The molecule has 1 atom stereocenters. The van der Waals surface area contributed by atoms with Gasteiger partial charge in [0.25, 0.3) is 0 Å². The zero-order valence-electron chi connectivity index (χ0n) is 10.8. The summed E-state index contributed by atoms with van der Waals surface area (Å²) in [5.74, 6) is -0.211. The highest BCUT2D eigenvalue weighted by Gasteiger charge is 2.31. The van der Waals surface area contributed by atoms with Crippen LogP contribution in [0.15, 0.2) is 24.3 Å². The van der Waals surface area contributed by atoms with Crippen molar-refractivity contribution in [2.75, 3.05) is 13.1 Å². The molecule has 112 valence electrons. The summed E-state index contributed by atoms with van der Waals surface area (Å²) in [6.07, 6.45) is -2.99. The minimum absolute atomic E-state index is 0.211. The molecule has 1 aromatic rings. The first-order valence-electron chi connectivity index (χ1n) is 6.37. The predicted molar refractivity (Wildman–Crippen MR) is 70.0 cm³/mol. The Morgan fingerprint density at radius 3 is 2.35 bits per heavy atom. The first-order chi connectivity index (χ1) is 9.29. The monoisotopic (exact) mass is 307 g/mol. The summed E-state index contributed by atoms with van der Waals surface area (Å²) >= 11 is 0. The highest BCUT2D eigenvalue weighted by Crippen LogP contribution is 2.29. The van der Waals surface area contributed by atoms with Crippen LogP contribution in [0.2, 0.25) is 0 Å². The van der Waals surface area contributed by atoms with Crippen molar-refractivity contribution in [3.05, 3.63) is 35.4 Å². The van der Waals surface area contributed by atoms with Crippen LogP contribution in [0.3, 0.4) is 0 Å². The molecule has 3 nitrogen and oxygen atoms in total. The van der Waals surface area contributed by atoms with Crippen LogP contribution in [0, 0.1) is 0 Å². The fourth-order valence-corrected chi connectivity index (χ4v) is 4.06. The van der Waals surface area contributed by atoms with E-state index in [-0.39, 0.29) is 5.75 Å². The summed E-state index contributed by atoms with van der Waals surface area (Å²) in [5.41, 5.74) is -0.374. The van der Waals surface area contributed by atoms with Crippen molar-refractivity contribution in [2.45, 2.75) is 30.0 Å². The smallest absolute Gasteiger partial charge is 0.315 e. The summed E-state index contributed by atoms with van der Waals surface area (Å²) < 4.78 is 61.6. The van der Waals surface area contributed by atoms with Gasteiger partial charge >= 0.3 is 6.18 Å². The zero-order valence-corrected chi connectivity index (χ0v) is 11.6. The van der Waals surface area contributed by atoms with Crippen LogP contribution < -0.4 is 5.32 Å². The number of benzene rings is 1. The van der Waals surface area contributed by atoms with Gasteiger partial charge in [-0.25, -0.2) is 8.42 Å². The summed E-state index contributed by atoms with van der Waals surface area (Å²) in [6, 6.07) is 4.31. The van der Waals surface area contributed by atoms with Crippen molar-refractivity contribution in [3.8, 4) is 0 Å². The van der Waals surface area contributed by atoms with Crippen molar-refractivity contribution in [1.82, 2.24) is 5.32 Å². The highest BCUT2D eigenvalue weighted by atomic mass is 32.2. The Labute approximate surface area is 116 Å². The normalized spacial score (nSPS) is 20.9. The molecule has 0 aliphatic carbocycles. The van der Waals surface area contributed by atoms with Crippen molar-refractivity contribution < 1.29 is 21.6 Å². The third-order valence-electron chi connectivity index (χ3n) is 3.41. The third kappa shape index (κ3) is 3.73. The Bertz CT molecular complexity index is 546. The second kappa shape index (κ2) is 5.73. The largest absolute Gasteiger partial charge is 0.416 e. The van der Waals surface area contributed by atoms with Gasteiger partial charge in [0.15, 0.2) is 9.84 Å². The van der Waals surface area contributed by atoms with Gasteiger partial charge in [-0.2, -0.15) is 13.2 Å². The molecule has 0 amide bonds. The van der Waals surface area contributed by atoms with Crippen LogP contribution in [0.4, 0.5) is 13.2 Å². The molecule has 1 aliphatic heterocycles. The first-order valence-corrected chi connectivity index (χ1v) is 8.09. The summed E-state index contributed by atoms with van der Waals surface area (Å²) in [6.45, 7) is 1.23. The van der Waals surface area contributed by atoms with E-state index in [1.165, 1.54) is 12.1 Å². The van der Waals surface area contributed by atoms with E-state index in [1.54, 1.807) is 0 Å². The van der Waals surface area contributed by atoms with Crippen LogP contribution in [0.25, 0.3) is 0 Å². The molecule has 1 aromatic carbocycles. The second-order valence-corrected chi connectivity index (χ2v) is 7.25. The molecule has 0 saturated carbocycles. The molecular formula is C13H16F3NO2S. The Hall–Kier alpha value is -1.08. The van der Waals surface area contributed by atoms with Gasteiger partial charge in [0.05, 0.1) is 16.6 Å². The number of hydrogen-bond acceptors (Lipinski definition) is 3. The molecule has 0 bridgehead atoms. The van der Waals surface area contributed by atoms with Crippen LogP contribution in [-0.4, -0.2) is 26.8 Å². The van der Waals surface area contributed by atoms with Crippen molar-refractivity contribution in [2.24, 2.45) is 0 Å². The van der Waals surface area contributed by atoms with Crippen LogP contribution >= 0.6 is 0 Å². The van der Waals surface area contributed by atoms with Gasteiger partial charge in [-0.15, -0.1) is 0 Å². The molecule has 1 saturated heterocycles. The average molecular weight is 307 g/mol. The average Bonchev–Trinajstić information content (AvgIpc) is 2.39. The minimum atomic E-state index is -4.40. The minimum Gasteiger partial charge on any atom is -0.315 e. The number of nitrogens with one attached hydrogen (secondary N) is 1. The molecule has 20 heavy (non-hydrogen) atoms. The van der Waals surface area contributed by atoms with Gasteiger partial charge in [0, 0.05) is 6.54 Å². The Morgan fingerprint density at radius 2 is 1.85 bits per heavy atom. The lowest BCUT2D eigenvalue weighted by Gasteiger charge is -2.22.